The van der Waals surface area contributed by atoms with Crippen LogP contribution in [0, 0.1) is 3.57 Å². The van der Waals surface area contributed by atoms with Crippen molar-refractivity contribution in [3.63, 3.8) is 0 Å². The number of nitrogens with zero attached hydrogens (tertiary/aromatic N) is 2. The average molecular weight is 342 g/mol. The minimum absolute atomic E-state index is 0.109. The third-order valence-corrected chi connectivity index (χ3v) is 2.66. The Balaban J connectivity index is 2.73. The summed E-state index contributed by atoms with van der Waals surface area (Å²) in [6.45, 7) is 1.23. The topological polar surface area (TPSA) is 69.2 Å². The summed E-state index contributed by atoms with van der Waals surface area (Å²) in [5.41, 5.74) is -0.0904. The number of carbonyl (C=O) groups excluding carboxylic acids is 1. The van der Waals surface area contributed by atoms with Crippen LogP contribution in [0.2, 0.25) is 0 Å². The third kappa shape index (κ3) is 2.76. The second-order valence-electron chi connectivity index (χ2n) is 3.31. The molecule has 2 aromatic rings. The molecule has 0 aliphatic carbocycles. The molecule has 0 aliphatic heterocycles. The number of rotatable bonds is 1. The van der Waals surface area contributed by atoms with Crippen LogP contribution in [-0.4, -0.2) is 16.2 Å². The molecule has 1 heterocycles. The van der Waals surface area contributed by atoms with Crippen molar-refractivity contribution in [3.05, 3.63) is 38.2 Å². The Hall–Kier alpha value is -1.57. The molecule has 17 heavy (non-hydrogen) atoms. The minimum Gasteiger partial charge on any atom is -0.421 e. The van der Waals surface area contributed by atoms with E-state index in [-0.39, 0.29) is 5.75 Å². The molecule has 0 saturated heterocycles. The average Bonchev–Trinajstić information content (AvgIpc) is 2.39. The Labute approximate surface area is 110 Å². The Morgan fingerprint density at radius 3 is 2.76 bits per heavy atom. The molecule has 0 amide bonds. The summed E-state index contributed by atoms with van der Waals surface area (Å²) in [6.07, 6.45) is 0. The Kier molecular flexibility index (Phi) is 3.32. The van der Waals surface area contributed by atoms with Gasteiger partial charge in [-0.15, -0.1) is 10.2 Å². The quantitative estimate of drug-likeness (QED) is 0.581. The number of esters is 1. The SMILES string of the molecule is CC(=O)Oc1cc2cc(I)ccc2nnc1=O. The highest BCUT2D eigenvalue weighted by atomic mass is 127. The highest BCUT2D eigenvalue weighted by Crippen LogP contribution is 2.16. The van der Waals surface area contributed by atoms with Crippen molar-refractivity contribution in [2.75, 3.05) is 0 Å². The number of benzene rings is 1. The second kappa shape index (κ2) is 4.74. The second-order valence-corrected chi connectivity index (χ2v) is 4.56. The van der Waals surface area contributed by atoms with Gasteiger partial charge in [-0.05, 0) is 46.9 Å². The van der Waals surface area contributed by atoms with Gasteiger partial charge >= 0.3 is 11.5 Å². The van der Waals surface area contributed by atoms with Crippen molar-refractivity contribution >= 4 is 39.5 Å². The molecule has 1 aromatic carbocycles. The van der Waals surface area contributed by atoms with Gasteiger partial charge in [0, 0.05) is 15.9 Å². The highest BCUT2D eigenvalue weighted by Gasteiger charge is 2.06. The van der Waals surface area contributed by atoms with Gasteiger partial charge in [0.2, 0.25) is 0 Å². The maximum absolute atomic E-state index is 11.5. The van der Waals surface area contributed by atoms with Crippen LogP contribution in [0.5, 0.6) is 5.75 Å². The van der Waals surface area contributed by atoms with Crippen LogP contribution < -0.4 is 10.3 Å². The van der Waals surface area contributed by atoms with E-state index in [4.69, 9.17) is 4.74 Å². The van der Waals surface area contributed by atoms with E-state index in [2.05, 4.69) is 32.8 Å². The zero-order valence-corrected chi connectivity index (χ0v) is 11.0. The van der Waals surface area contributed by atoms with Gasteiger partial charge in [0.15, 0.2) is 5.75 Å². The fraction of sp³-hybridized carbons (Fsp3) is 0.0909. The summed E-state index contributed by atoms with van der Waals surface area (Å²) in [5, 5.41) is 7.96. The number of halogens is 1. The van der Waals surface area contributed by atoms with Gasteiger partial charge in [-0.1, -0.05) is 0 Å². The lowest BCUT2D eigenvalue weighted by atomic mass is 10.2. The third-order valence-electron chi connectivity index (χ3n) is 1.99. The van der Waals surface area contributed by atoms with Crippen molar-refractivity contribution in [1.29, 1.82) is 0 Å². The van der Waals surface area contributed by atoms with E-state index in [0.717, 1.165) is 3.57 Å². The number of hydrogen-bond donors (Lipinski definition) is 0. The molecule has 1 aromatic heterocycles. The van der Waals surface area contributed by atoms with Crippen LogP contribution in [0.3, 0.4) is 0 Å². The Bertz CT molecular complexity index is 658. The number of carbonyl (C=O) groups is 1. The number of aromatic nitrogens is 2. The lowest BCUT2D eigenvalue weighted by Gasteiger charge is -1.95. The molecule has 0 bridgehead atoms. The first-order chi connectivity index (χ1) is 8.06. The molecule has 2 rings (SSSR count). The fourth-order valence-corrected chi connectivity index (χ4v) is 1.83. The molecule has 6 heteroatoms. The molecule has 0 atom stereocenters. The first-order valence-electron chi connectivity index (χ1n) is 4.72. The van der Waals surface area contributed by atoms with Crippen LogP contribution in [-0.2, 0) is 4.79 Å². The standard InChI is InChI=1S/C11H7IN2O3/c1-6(15)17-10-5-7-4-8(12)2-3-9(7)13-14-11(10)16/h2-5H,1H3. The van der Waals surface area contributed by atoms with Crippen molar-refractivity contribution in [3.8, 4) is 5.75 Å². The lowest BCUT2D eigenvalue weighted by Crippen LogP contribution is -2.12. The Morgan fingerprint density at radius 2 is 2.06 bits per heavy atom. The summed E-state index contributed by atoms with van der Waals surface area (Å²) in [5.74, 6) is -0.670. The maximum atomic E-state index is 11.5. The summed E-state index contributed by atoms with van der Waals surface area (Å²) in [7, 11) is 0. The fourth-order valence-electron chi connectivity index (χ4n) is 1.31. The van der Waals surface area contributed by atoms with Gasteiger partial charge in [-0.2, -0.15) is 0 Å². The smallest absolute Gasteiger partial charge is 0.331 e. The summed E-state index contributed by atoms with van der Waals surface area (Å²) in [6, 6.07) is 6.91. The Morgan fingerprint density at radius 1 is 1.29 bits per heavy atom. The van der Waals surface area contributed by atoms with Crippen molar-refractivity contribution in [1.82, 2.24) is 10.2 Å². The van der Waals surface area contributed by atoms with E-state index in [1.54, 1.807) is 6.07 Å². The van der Waals surface area contributed by atoms with E-state index in [0.29, 0.717) is 10.9 Å². The number of ether oxygens (including phenoxy) is 1. The van der Waals surface area contributed by atoms with E-state index < -0.39 is 11.5 Å². The zero-order valence-electron chi connectivity index (χ0n) is 8.81. The molecule has 0 radical (unpaired) electrons. The normalized spacial score (nSPS) is 10.2. The van der Waals surface area contributed by atoms with E-state index in [1.807, 2.05) is 12.1 Å². The van der Waals surface area contributed by atoms with Gasteiger partial charge in [0.1, 0.15) is 0 Å². The predicted molar refractivity (Wildman–Crippen MR) is 69.8 cm³/mol. The first-order valence-corrected chi connectivity index (χ1v) is 5.80. The molecule has 86 valence electrons. The van der Waals surface area contributed by atoms with E-state index in [1.165, 1.54) is 13.0 Å². The van der Waals surface area contributed by atoms with Crippen LogP contribution in [0.15, 0.2) is 29.1 Å². The monoisotopic (exact) mass is 342 g/mol. The number of hydrogen-bond acceptors (Lipinski definition) is 5. The van der Waals surface area contributed by atoms with Crippen LogP contribution in [0.4, 0.5) is 0 Å². The van der Waals surface area contributed by atoms with Gasteiger partial charge in [-0.25, -0.2) is 0 Å². The predicted octanol–water partition coefficient (Wildman–Crippen LogP) is 1.52. The van der Waals surface area contributed by atoms with Crippen LogP contribution >= 0.6 is 22.6 Å². The molecular weight excluding hydrogens is 335 g/mol. The molecule has 0 unspecified atom stereocenters. The van der Waals surface area contributed by atoms with Crippen LogP contribution in [0.25, 0.3) is 10.9 Å². The van der Waals surface area contributed by atoms with Gasteiger partial charge < -0.3 is 4.74 Å². The molecular formula is C11H7IN2O3. The molecule has 0 N–H and O–H groups in total. The molecule has 0 fully saturated rings. The molecule has 0 saturated carbocycles. The summed E-state index contributed by atoms with van der Waals surface area (Å²) < 4.78 is 5.79. The number of fused-ring (bicyclic) bond motifs is 1. The van der Waals surface area contributed by atoms with Crippen LogP contribution in [0.1, 0.15) is 6.92 Å². The maximum Gasteiger partial charge on any atom is 0.331 e. The van der Waals surface area contributed by atoms with E-state index >= 15 is 0 Å². The summed E-state index contributed by atoms with van der Waals surface area (Å²) in [4.78, 5) is 22.4. The zero-order chi connectivity index (χ0) is 12.4. The first kappa shape index (κ1) is 11.9. The van der Waals surface area contributed by atoms with E-state index in [9.17, 15) is 9.59 Å². The molecule has 5 nitrogen and oxygen atoms in total. The summed E-state index contributed by atoms with van der Waals surface area (Å²) >= 11 is 2.14. The molecule has 0 spiro atoms. The highest BCUT2D eigenvalue weighted by molar-refractivity contribution is 14.1. The largest absolute Gasteiger partial charge is 0.421 e. The molecule has 0 aliphatic rings. The minimum atomic E-state index is -0.661. The van der Waals surface area contributed by atoms with Gasteiger partial charge in [-0.3, -0.25) is 9.59 Å². The lowest BCUT2D eigenvalue weighted by molar-refractivity contribution is -0.131. The van der Waals surface area contributed by atoms with Crippen molar-refractivity contribution < 1.29 is 9.53 Å². The van der Waals surface area contributed by atoms with Crippen molar-refractivity contribution in [2.24, 2.45) is 0 Å². The van der Waals surface area contributed by atoms with Crippen molar-refractivity contribution in [2.45, 2.75) is 6.92 Å². The van der Waals surface area contributed by atoms with Gasteiger partial charge in [0.25, 0.3) is 0 Å². The van der Waals surface area contributed by atoms with Gasteiger partial charge in [0.05, 0.1) is 5.52 Å².